The molecule has 0 saturated heterocycles. The number of sulfone groups is 1. The molecule has 0 bridgehead atoms. The predicted octanol–water partition coefficient (Wildman–Crippen LogP) is 2.55. The van der Waals surface area contributed by atoms with Crippen molar-refractivity contribution in [2.24, 2.45) is 0 Å². The van der Waals surface area contributed by atoms with E-state index in [9.17, 15) is 8.42 Å². The molecule has 0 aliphatic heterocycles. The molecule has 1 aliphatic rings. The van der Waals surface area contributed by atoms with E-state index in [4.69, 9.17) is 0 Å². The molecule has 0 fully saturated rings. The van der Waals surface area contributed by atoms with Crippen molar-refractivity contribution in [2.75, 3.05) is 18.1 Å². The number of hydrogen-bond acceptors (Lipinski definition) is 6. The molecule has 0 atom stereocenters. The summed E-state index contributed by atoms with van der Waals surface area (Å²) in [5, 5.41) is 4.45. The van der Waals surface area contributed by atoms with Crippen molar-refractivity contribution in [1.29, 1.82) is 0 Å². The smallest absolute Gasteiger partial charge is 0.154 e. The quantitative estimate of drug-likeness (QED) is 0.914. The van der Waals surface area contributed by atoms with E-state index >= 15 is 0 Å². The maximum absolute atomic E-state index is 11.5. The zero-order chi connectivity index (χ0) is 15.0. The zero-order valence-electron chi connectivity index (χ0n) is 12.3. The van der Waals surface area contributed by atoms with Crippen LogP contribution in [-0.4, -0.2) is 31.2 Å². The largest absolute Gasteiger partial charge is 0.369 e. The van der Waals surface area contributed by atoms with Crippen LogP contribution in [0.3, 0.4) is 0 Å². The molecule has 114 valence electrons. The van der Waals surface area contributed by atoms with Gasteiger partial charge in [0.05, 0.1) is 5.39 Å². The summed E-state index contributed by atoms with van der Waals surface area (Å²) in [7, 11) is -3.13. The minimum Gasteiger partial charge on any atom is -0.369 e. The Balaban J connectivity index is 2.12. The summed E-state index contributed by atoms with van der Waals surface area (Å²) >= 11 is 1.69. The highest BCUT2D eigenvalue weighted by Crippen LogP contribution is 2.39. The fraction of sp³-hybridized carbons (Fsp3) is 0.571. The molecular formula is C14H19N3O2S2. The molecular weight excluding hydrogens is 306 g/mol. The van der Waals surface area contributed by atoms with Crippen LogP contribution in [0.15, 0.2) is 0 Å². The number of nitrogens with one attached hydrogen (secondary N) is 1. The second-order valence-electron chi connectivity index (χ2n) is 5.52. The molecule has 21 heavy (non-hydrogen) atoms. The van der Waals surface area contributed by atoms with Crippen LogP contribution >= 0.6 is 11.3 Å². The number of anilines is 1. The number of fused-ring (bicyclic) bond motifs is 3. The fourth-order valence-electron chi connectivity index (χ4n) is 2.71. The molecule has 2 aromatic heterocycles. The lowest BCUT2D eigenvalue weighted by Crippen LogP contribution is -2.09. The summed E-state index contributed by atoms with van der Waals surface area (Å²) in [6.07, 6.45) is 5.58. The summed E-state index contributed by atoms with van der Waals surface area (Å²) < 4.78 is 23.0. The molecule has 0 amide bonds. The van der Waals surface area contributed by atoms with Crippen LogP contribution in [0.4, 0.5) is 5.82 Å². The van der Waals surface area contributed by atoms with Crippen LogP contribution in [0.5, 0.6) is 0 Å². The van der Waals surface area contributed by atoms with Gasteiger partial charge < -0.3 is 5.32 Å². The Morgan fingerprint density at radius 2 is 2.10 bits per heavy atom. The Morgan fingerprint density at radius 1 is 1.29 bits per heavy atom. The van der Waals surface area contributed by atoms with E-state index in [0.717, 1.165) is 41.8 Å². The molecule has 3 rings (SSSR count). The Bertz CT molecular complexity index is 781. The van der Waals surface area contributed by atoms with Crippen LogP contribution in [0.25, 0.3) is 10.2 Å². The third kappa shape index (κ3) is 3.03. The van der Waals surface area contributed by atoms with Gasteiger partial charge in [0.25, 0.3) is 0 Å². The highest BCUT2D eigenvalue weighted by molar-refractivity contribution is 7.89. The highest BCUT2D eigenvalue weighted by Gasteiger charge is 2.22. The SMILES string of the molecule is CCCNc1nc(CS(C)(=O)=O)nc2sc3c(c12)CCC3. The second kappa shape index (κ2) is 5.53. The van der Waals surface area contributed by atoms with Gasteiger partial charge in [0.1, 0.15) is 22.2 Å². The van der Waals surface area contributed by atoms with Gasteiger partial charge in [-0.3, -0.25) is 0 Å². The zero-order valence-corrected chi connectivity index (χ0v) is 13.9. The second-order valence-corrected chi connectivity index (χ2v) is 8.75. The third-order valence-electron chi connectivity index (χ3n) is 3.54. The van der Waals surface area contributed by atoms with E-state index in [2.05, 4.69) is 22.2 Å². The summed E-state index contributed by atoms with van der Waals surface area (Å²) in [4.78, 5) is 11.3. The van der Waals surface area contributed by atoms with Gasteiger partial charge in [0.2, 0.25) is 0 Å². The Kier molecular flexibility index (Phi) is 3.88. The van der Waals surface area contributed by atoms with Gasteiger partial charge >= 0.3 is 0 Å². The van der Waals surface area contributed by atoms with Gasteiger partial charge in [-0.1, -0.05) is 6.92 Å². The van der Waals surface area contributed by atoms with Crippen molar-refractivity contribution in [3.05, 3.63) is 16.3 Å². The molecule has 1 aliphatic carbocycles. The Hall–Kier alpha value is -1.21. The van der Waals surface area contributed by atoms with Crippen molar-refractivity contribution in [1.82, 2.24) is 9.97 Å². The number of nitrogens with zero attached hydrogens (tertiary/aromatic N) is 2. The molecule has 7 heteroatoms. The number of hydrogen-bond donors (Lipinski definition) is 1. The van der Waals surface area contributed by atoms with E-state index in [1.165, 1.54) is 23.1 Å². The normalized spacial score (nSPS) is 14.6. The third-order valence-corrected chi connectivity index (χ3v) is 5.51. The number of aryl methyl sites for hydroxylation is 2. The maximum atomic E-state index is 11.5. The van der Waals surface area contributed by atoms with E-state index < -0.39 is 9.84 Å². The van der Waals surface area contributed by atoms with Crippen molar-refractivity contribution >= 4 is 37.2 Å². The first-order chi connectivity index (χ1) is 9.98. The molecule has 2 heterocycles. The number of aromatic nitrogens is 2. The van der Waals surface area contributed by atoms with Crippen molar-refractivity contribution in [3.8, 4) is 0 Å². The fourth-order valence-corrected chi connectivity index (χ4v) is 4.59. The molecule has 5 nitrogen and oxygen atoms in total. The maximum Gasteiger partial charge on any atom is 0.154 e. The highest BCUT2D eigenvalue weighted by atomic mass is 32.2. The molecule has 1 N–H and O–H groups in total. The summed E-state index contributed by atoms with van der Waals surface area (Å²) in [5.41, 5.74) is 1.36. The first kappa shape index (κ1) is 14.7. The molecule has 0 unspecified atom stereocenters. The lowest BCUT2D eigenvalue weighted by molar-refractivity contribution is 0.600. The number of rotatable bonds is 5. The van der Waals surface area contributed by atoms with Crippen LogP contribution in [0.1, 0.15) is 36.0 Å². The monoisotopic (exact) mass is 325 g/mol. The minimum absolute atomic E-state index is 0.105. The predicted molar refractivity (Wildman–Crippen MR) is 86.8 cm³/mol. The Morgan fingerprint density at radius 3 is 2.81 bits per heavy atom. The molecule has 2 aromatic rings. The average Bonchev–Trinajstić information content (AvgIpc) is 2.93. The standard InChI is InChI=1S/C14H19N3O2S2/c1-3-7-15-13-12-9-5-4-6-10(9)20-14(12)17-11(16-13)8-21(2,18)19/h3-8H2,1-2H3,(H,15,16,17). The topological polar surface area (TPSA) is 72.0 Å². The van der Waals surface area contributed by atoms with Crippen LogP contribution < -0.4 is 5.32 Å². The number of thiophene rings is 1. The molecule has 0 saturated carbocycles. The van der Waals surface area contributed by atoms with Crippen LogP contribution in [0, 0.1) is 0 Å². The summed E-state index contributed by atoms with van der Waals surface area (Å²) in [6.45, 7) is 2.93. The van der Waals surface area contributed by atoms with Crippen molar-refractivity contribution in [3.63, 3.8) is 0 Å². The van der Waals surface area contributed by atoms with Gasteiger partial charge in [-0.25, -0.2) is 18.4 Å². The Labute approximate surface area is 128 Å². The first-order valence-corrected chi connectivity index (χ1v) is 10.1. The lowest BCUT2D eigenvalue weighted by atomic mass is 10.2. The van der Waals surface area contributed by atoms with E-state index in [1.807, 2.05) is 0 Å². The van der Waals surface area contributed by atoms with E-state index in [0.29, 0.717) is 5.82 Å². The summed E-state index contributed by atoms with van der Waals surface area (Å²) in [5.74, 6) is 1.09. The van der Waals surface area contributed by atoms with Gasteiger partial charge in [-0.2, -0.15) is 0 Å². The van der Waals surface area contributed by atoms with Crippen LogP contribution in [0.2, 0.25) is 0 Å². The van der Waals surface area contributed by atoms with Gasteiger partial charge in [0.15, 0.2) is 9.84 Å². The van der Waals surface area contributed by atoms with Gasteiger partial charge in [0, 0.05) is 17.7 Å². The average molecular weight is 325 g/mol. The lowest BCUT2D eigenvalue weighted by Gasteiger charge is -2.09. The first-order valence-electron chi connectivity index (χ1n) is 7.20. The van der Waals surface area contributed by atoms with E-state index in [1.54, 1.807) is 11.3 Å². The molecule has 0 radical (unpaired) electrons. The van der Waals surface area contributed by atoms with Gasteiger partial charge in [-0.05, 0) is 31.2 Å². The minimum atomic E-state index is -3.13. The summed E-state index contributed by atoms with van der Waals surface area (Å²) in [6, 6.07) is 0. The molecule has 0 spiro atoms. The van der Waals surface area contributed by atoms with Crippen LogP contribution in [-0.2, 0) is 28.4 Å². The molecule has 0 aromatic carbocycles. The van der Waals surface area contributed by atoms with Crippen molar-refractivity contribution in [2.45, 2.75) is 38.4 Å². The van der Waals surface area contributed by atoms with Gasteiger partial charge in [-0.15, -0.1) is 11.3 Å². The van der Waals surface area contributed by atoms with E-state index in [-0.39, 0.29) is 5.75 Å². The van der Waals surface area contributed by atoms with Crippen molar-refractivity contribution < 1.29 is 8.42 Å².